The van der Waals surface area contributed by atoms with Gasteiger partial charge in [0, 0.05) is 22.0 Å². The number of hydrogen-bond acceptors (Lipinski definition) is 2. The van der Waals surface area contributed by atoms with Gasteiger partial charge in [-0.3, -0.25) is 0 Å². The molecule has 128 valence electrons. The maximum atomic E-state index is 6.29. The van der Waals surface area contributed by atoms with Crippen LogP contribution in [0.5, 0.6) is 5.75 Å². The third kappa shape index (κ3) is 3.52. The average Bonchev–Trinajstić information content (AvgIpc) is 2.68. The SMILES string of the molecule is Clc1cccc(-c2ccc3c(OCc4ccccc4)c(Cl)ncc3c2)c1. The predicted octanol–water partition coefficient (Wildman–Crippen LogP) is 6.79. The summed E-state index contributed by atoms with van der Waals surface area (Å²) in [6, 6.07) is 23.9. The molecule has 26 heavy (non-hydrogen) atoms. The first-order valence-electron chi connectivity index (χ1n) is 8.21. The molecule has 4 rings (SSSR count). The maximum absolute atomic E-state index is 6.29. The molecule has 1 aromatic heterocycles. The van der Waals surface area contributed by atoms with E-state index in [1.54, 1.807) is 6.20 Å². The quantitative estimate of drug-likeness (QED) is 0.364. The number of fused-ring (bicyclic) bond motifs is 1. The highest BCUT2D eigenvalue weighted by Gasteiger charge is 2.11. The van der Waals surface area contributed by atoms with Crippen molar-refractivity contribution in [1.82, 2.24) is 4.98 Å². The molecule has 0 spiro atoms. The molecule has 2 nitrogen and oxygen atoms in total. The monoisotopic (exact) mass is 379 g/mol. The number of aromatic nitrogens is 1. The molecule has 3 aromatic carbocycles. The summed E-state index contributed by atoms with van der Waals surface area (Å²) in [4.78, 5) is 4.29. The van der Waals surface area contributed by atoms with Crippen molar-refractivity contribution in [3.05, 3.63) is 94.7 Å². The minimum absolute atomic E-state index is 0.365. The number of hydrogen-bond donors (Lipinski definition) is 0. The lowest BCUT2D eigenvalue weighted by atomic mass is 10.0. The fourth-order valence-corrected chi connectivity index (χ4v) is 3.28. The molecule has 1 heterocycles. The van der Waals surface area contributed by atoms with E-state index >= 15 is 0 Å². The van der Waals surface area contributed by atoms with Crippen molar-refractivity contribution in [3.8, 4) is 16.9 Å². The van der Waals surface area contributed by atoms with Gasteiger partial charge in [-0.2, -0.15) is 0 Å². The zero-order chi connectivity index (χ0) is 17.9. The number of nitrogens with zero attached hydrogens (tertiary/aromatic N) is 1. The Morgan fingerprint density at radius 2 is 1.62 bits per heavy atom. The maximum Gasteiger partial charge on any atom is 0.171 e. The van der Waals surface area contributed by atoms with Crippen molar-refractivity contribution in [2.45, 2.75) is 6.61 Å². The van der Waals surface area contributed by atoms with Gasteiger partial charge in [0.1, 0.15) is 6.61 Å². The first-order valence-corrected chi connectivity index (χ1v) is 8.97. The molecule has 0 unspecified atom stereocenters. The van der Waals surface area contributed by atoms with Crippen LogP contribution in [0.2, 0.25) is 10.2 Å². The van der Waals surface area contributed by atoms with Crippen LogP contribution in [0.3, 0.4) is 0 Å². The molecular formula is C22H15Cl2NO. The van der Waals surface area contributed by atoms with E-state index in [4.69, 9.17) is 27.9 Å². The Balaban J connectivity index is 1.71. The van der Waals surface area contributed by atoms with E-state index in [1.807, 2.05) is 66.7 Å². The van der Waals surface area contributed by atoms with Crippen LogP contribution in [-0.2, 0) is 6.61 Å². The summed E-state index contributed by atoms with van der Waals surface area (Å²) in [5.74, 6) is 0.602. The molecule has 0 aliphatic rings. The summed E-state index contributed by atoms with van der Waals surface area (Å²) in [6.07, 6.45) is 1.76. The molecule has 0 radical (unpaired) electrons. The Morgan fingerprint density at radius 3 is 2.42 bits per heavy atom. The standard InChI is InChI=1S/C22H15Cl2NO/c23-19-8-4-7-16(12-19)17-9-10-20-18(11-17)13-25-22(24)21(20)26-14-15-5-2-1-3-6-15/h1-13H,14H2. The van der Waals surface area contributed by atoms with E-state index in [-0.39, 0.29) is 0 Å². The Bertz CT molecular complexity index is 1060. The van der Waals surface area contributed by atoms with Gasteiger partial charge >= 0.3 is 0 Å². The van der Waals surface area contributed by atoms with Crippen molar-refractivity contribution in [3.63, 3.8) is 0 Å². The van der Waals surface area contributed by atoms with Gasteiger partial charge in [-0.15, -0.1) is 0 Å². The third-order valence-corrected chi connectivity index (χ3v) is 4.69. The first-order chi connectivity index (χ1) is 12.7. The van der Waals surface area contributed by atoms with Crippen LogP contribution < -0.4 is 4.74 Å². The number of benzene rings is 3. The van der Waals surface area contributed by atoms with Crippen LogP contribution in [-0.4, -0.2) is 4.98 Å². The normalized spacial score (nSPS) is 10.8. The third-order valence-electron chi connectivity index (χ3n) is 4.18. The van der Waals surface area contributed by atoms with Crippen LogP contribution in [0.25, 0.3) is 21.9 Å². The zero-order valence-electron chi connectivity index (χ0n) is 13.8. The summed E-state index contributed by atoms with van der Waals surface area (Å²) in [5.41, 5.74) is 3.20. The van der Waals surface area contributed by atoms with Gasteiger partial charge in [0.15, 0.2) is 10.9 Å². The molecule has 0 saturated heterocycles. The number of rotatable bonds is 4. The largest absolute Gasteiger partial charge is 0.485 e. The fourth-order valence-electron chi connectivity index (χ4n) is 2.89. The molecular weight excluding hydrogens is 365 g/mol. The molecule has 0 fully saturated rings. The van der Waals surface area contributed by atoms with Gasteiger partial charge in [0.25, 0.3) is 0 Å². The summed E-state index contributed by atoms with van der Waals surface area (Å²) >= 11 is 12.4. The van der Waals surface area contributed by atoms with Crippen molar-refractivity contribution in [2.24, 2.45) is 0 Å². The molecule has 4 aromatic rings. The van der Waals surface area contributed by atoms with E-state index < -0.39 is 0 Å². The smallest absolute Gasteiger partial charge is 0.171 e. The van der Waals surface area contributed by atoms with E-state index in [0.717, 1.165) is 27.5 Å². The van der Waals surface area contributed by atoms with Gasteiger partial charge in [0.05, 0.1) is 0 Å². The molecule has 4 heteroatoms. The second-order valence-corrected chi connectivity index (χ2v) is 6.76. The van der Waals surface area contributed by atoms with Gasteiger partial charge in [0.2, 0.25) is 0 Å². The van der Waals surface area contributed by atoms with Gasteiger partial charge in [-0.05, 0) is 41.0 Å². The second-order valence-electron chi connectivity index (χ2n) is 5.96. The van der Waals surface area contributed by atoms with E-state index in [9.17, 15) is 0 Å². The van der Waals surface area contributed by atoms with Crippen LogP contribution in [0.4, 0.5) is 0 Å². The number of ether oxygens (including phenoxy) is 1. The Morgan fingerprint density at radius 1 is 0.808 bits per heavy atom. The van der Waals surface area contributed by atoms with Crippen LogP contribution in [0, 0.1) is 0 Å². The van der Waals surface area contributed by atoms with Crippen molar-refractivity contribution < 1.29 is 4.74 Å². The molecule has 0 amide bonds. The van der Waals surface area contributed by atoms with Crippen molar-refractivity contribution in [1.29, 1.82) is 0 Å². The van der Waals surface area contributed by atoms with Gasteiger partial charge < -0.3 is 4.74 Å². The second kappa shape index (κ2) is 7.36. The first kappa shape index (κ1) is 16.9. The minimum atomic E-state index is 0.365. The Labute approximate surface area is 162 Å². The van der Waals surface area contributed by atoms with Crippen LogP contribution in [0.1, 0.15) is 5.56 Å². The molecule has 0 atom stereocenters. The summed E-state index contributed by atoms with van der Waals surface area (Å²) in [7, 11) is 0. The van der Waals surface area contributed by atoms with E-state index in [0.29, 0.717) is 22.5 Å². The number of halogens is 2. The topological polar surface area (TPSA) is 22.1 Å². The highest BCUT2D eigenvalue weighted by atomic mass is 35.5. The molecule has 0 aliphatic heterocycles. The van der Waals surface area contributed by atoms with Gasteiger partial charge in [-0.1, -0.05) is 71.7 Å². The van der Waals surface area contributed by atoms with Crippen molar-refractivity contribution >= 4 is 34.0 Å². The van der Waals surface area contributed by atoms with Crippen molar-refractivity contribution in [2.75, 3.05) is 0 Å². The van der Waals surface area contributed by atoms with Gasteiger partial charge in [-0.25, -0.2) is 4.98 Å². The molecule has 0 saturated carbocycles. The summed E-state index contributed by atoms with van der Waals surface area (Å²) < 4.78 is 5.99. The van der Waals surface area contributed by atoms with E-state index in [1.165, 1.54) is 0 Å². The lowest BCUT2D eigenvalue weighted by molar-refractivity contribution is 0.309. The molecule has 0 aliphatic carbocycles. The Kier molecular flexibility index (Phi) is 4.79. The van der Waals surface area contributed by atoms with Crippen LogP contribution in [0.15, 0.2) is 79.0 Å². The van der Waals surface area contributed by atoms with Crippen LogP contribution >= 0.6 is 23.2 Å². The Hall–Kier alpha value is -2.55. The molecule has 0 bridgehead atoms. The lowest BCUT2D eigenvalue weighted by Crippen LogP contribution is -1.97. The zero-order valence-corrected chi connectivity index (χ0v) is 15.3. The minimum Gasteiger partial charge on any atom is -0.485 e. The highest BCUT2D eigenvalue weighted by molar-refractivity contribution is 6.32. The summed E-state index contributed by atoms with van der Waals surface area (Å²) in [5, 5.41) is 2.98. The highest BCUT2D eigenvalue weighted by Crippen LogP contribution is 2.35. The predicted molar refractivity (Wildman–Crippen MR) is 108 cm³/mol. The van der Waals surface area contributed by atoms with E-state index in [2.05, 4.69) is 11.1 Å². The number of pyridine rings is 1. The fraction of sp³-hybridized carbons (Fsp3) is 0.0455. The lowest BCUT2D eigenvalue weighted by Gasteiger charge is -2.12. The summed E-state index contributed by atoms with van der Waals surface area (Å²) in [6.45, 7) is 0.442. The average molecular weight is 380 g/mol. The molecule has 0 N–H and O–H groups in total.